The lowest BCUT2D eigenvalue weighted by Crippen LogP contribution is -2.22. The van der Waals surface area contributed by atoms with Crippen LogP contribution < -0.4 is 10.6 Å². The Hall–Kier alpha value is -2.42. The maximum Gasteiger partial charge on any atom is 0.147 e. The number of hydrogen-bond acceptors (Lipinski definition) is 8. The molecule has 0 aliphatic rings. The highest BCUT2D eigenvalue weighted by Gasteiger charge is 2.09. The fourth-order valence-electron chi connectivity index (χ4n) is 2.51. The second-order valence-electron chi connectivity index (χ2n) is 6.09. The molecule has 7 nitrogen and oxygen atoms in total. The van der Waals surface area contributed by atoms with E-state index in [9.17, 15) is 0 Å². The fourth-order valence-corrected chi connectivity index (χ4v) is 3.23. The lowest BCUT2D eigenvalue weighted by molar-refractivity contribution is 0.304. The molecule has 0 amide bonds. The van der Waals surface area contributed by atoms with Crippen molar-refractivity contribution in [3.05, 3.63) is 36.7 Å². The van der Waals surface area contributed by atoms with E-state index in [1.807, 2.05) is 54.6 Å². The zero-order valence-corrected chi connectivity index (χ0v) is 15.9. The Labute approximate surface area is 157 Å². The molecule has 0 fully saturated rings. The first-order valence-corrected chi connectivity index (χ1v) is 8.95. The molecule has 3 rings (SSSR count). The summed E-state index contributed by atoms with van der Waals surface area (Å²) in [6, 6.07) is 7.98. The molecule has 1 aromatic carbocycles. The molecule has 2 heterocycles. The van der Waals surface area contributed by atoms with Crippen LogP contribution >= 0.6 is 11.9 Å². The molecule has 0 aliphatic carbocycles. The Balaban J connectivity index is 2.00. The van der Waals surface area contributed by atoms with Crippen molar-refractivity contribution in [3.8, 4) is 11.1 Å². The standard InChI is InChI=1S/C18H22N6OS/c1-23(2)26-16-9-13(10-21-18(16)19)12-4-5-14-15(8-12)22-17(11-20-14)24(3)6-7-25/h4-5,8-11,25H,6-7H2,1-3H3,(H2,19,21). The molecule has 26 heavy (non-hydrogen) atoms. The van der Waals surface area contributed by atoms with Crippen LogP contribution in [0.15, 0.2) is 41.6 Å². The van der Waals surface area contributed by atoms with Gasteiger partial charge >= 0.3 is 0 Å². The van der Waals surface area contributed by atoms with Gasteiger partial charge in [-0.15, -0.1) is 0 Å². The van der Waals surface area contributed by atoms with Gasteiger partial charge in [-0.05, 0) is 49.8 Å². The van der Waals surface area contributed by atoms with Gasteiger partial charge in [-0.25, -0.2) is 9.97 Å². The number of aromatic nitrogens is 3. The van der Waals surface area contributed by atoms with Crippen molar-refractivity contribution < 1.29 is 5.11 Å². The van der Waals surface area contributed by atoms with Gasteiger partial charge in [0.05, 0.1) is 28.7 Å². The predicted octanol–water partition coefficient (Wildman–Crippen LogP) is 2.27. The van der Waals surface area contributed by atoms with Crippen LogP contribution in [-0.4, -0.2) is 58.7 Å². The Morgan fingerprint density at radius 2 is 1.85 bits per heavy atom. The largest absolute Gasteiger partial charge is 0.395 e. The first-order valence-electron chi connectivity index (χ1n) is 8.18. The zero-order chi connectivity index (χ0) is 18.7. The Morgan fingerprint density at radius 1 is 1.04 bits per heavy atom. The van der Waals surface area contributed by atoms with Crippen molar-refractivity contribution in [1.29, 1.82) is 0 Å². The van der Waals surface area contributed by atoms with E-state index in [-0.39, 0.29) is 6.61 Å². The topological polar surface area (TPSA) is 91.4 Å². The third kappa shape index (κ3) is 4.04. The number of hydrogen-bond donors (Lipinski definition) is 2. The van der Waals surface area contributed by atoms with E-state index in [1.165, 1.54) is 11.9 Å². The van der Waals surface area contributed by atoms with Gasteiger partial charge in [0.2, 0.25) is 0 Å². The van der Waals surface area contributed by atoms with Crippen LogP contribution in [0.3, 0.4) is 0 Å². The van der Waals surface area contributed by atoms with E-state index in [4.69, 9.17) is 10.8 Å². The van der Waals surface area contributed by atoms with Gasteiger partial charge in [0.1, 0.15) is 11.6 Å². The van der Waals surface area contributed by atoms with Crippen LogP contribution in [0.5, 0.6) is 0 Å². The number of pyridine rings is 1. The quantitative estimate of drug-likeness (QED) is 0.639. The highest BCUT2D eigenvalue weighted by atomic mass is 32.2. The maximum absolute atomic E-state index is 9.10. The summed E-state index contributed by atoms with van der Waals surface area (Å²) in [5, 5.41) is 9.10. The molecular weight excluding hydrogens is 348 g/mol. The van der Waals surface area contributed by atoms with E-state index >= 15 is 0 Å². The van der Waals surface area contributed by atoms with E-state index < -0.39 is 0 Å². The highest BCUT2D eigenvalue weighted by Crippen LogP contribution is 2.30. The average Bonchev–Trinajstić information content (AvgIpc) is 2.62. The summed E-state index contributed by atoms with van der Waals surface area (Å²) in [4.78, 5) is 16.2. The van der Waals surface area contributed by atoms with Gasteiger partial charge in [-0.1, -0.05) is 6.07 Å². The number of aliphatic hydroxyl groups excluding tert-OH is 1. The molecule has 0 unspecified atom stereocenters. The summed E-state index contributed by atoms with van der Waals surface area (Å²) in [6.45, 7) is 0.576. The summed E-state index contributed by atoms with van der Waals surface area (Å²) in [5.74, 6) is 1.24. The van der Waals surface area contributed by atoms with E-state index in [1.54, 1.807) is 12.4 Å². The second kappa shape index (κ2) is 7.86. The molecule has 0 bridgehead atoms. The van der Waals surface area contributed by atoms with Gasteiger partial charge in [-0.3, -0.25) is 9.29 Å². The minimum Gasteiger partial charge on any atom is -0.395 e. The van der Waals surface area contributed by atoms with E-state index in [0.717, 1.165) is 32.9 Å². The van der Waals surface area contributed by atoms with Gasteiger partial charge in [0, 0.05) is 25.4 Å². The molecule has 2 aromatic heterocycles. The summed E-state index contributed by atoms with van der Waals surface area (Å²) >= 11 is 1.54. The van der Waals surface area contributed by atoms with Crippen molar-refractivity contribution in [2.75, 3.05) is 44.9 Å². The molecule has 8 heteroatoms. The second-order valence-corrected chi connectivity index (χ2v) is 7.44. The number of nitrogen functional groups attached to an aromatic ring is 1. The molecule has 0 saturated carbocycles. The van der Waals surface area contributed by atoms with Gasteiger partial charge in [0.25, 0.3) is 0 Å². The van der Waals surface area contributed by atoms with E-state index in [2.05, 4.69) is 15.0 Å². The van der Waals surface area contributed by atoms with Crippen LogP contribution in [0.25, 0.3) is 22.2 Å². The Morgan fingerprint density at radius 3 is 2.58 bits per heavy atom. The van der Waals surface area contributed by atoms with Crippen LogP contribution in [0.1, 0.15) is 0 Å². The number of nitrogens with zero attached hydrogens (tertiary/aromatic N) is 5. The predicted molar refractivity (Wildman–Crippen MR) is 107 cm³/mol. The molecule has 0 saturated heterocycles. The number of benzene rings is 1. The van der Waals surface area contributed by atoms with Crippen molar-refractivity contribution in [3.63, 3.8) is 0 Å². The van der Waals surface area contributed by atoms with Crippen molar-refractivity contribution in [2.24, 2.45) is 0 Å². The number of anilines is 2. The molecule has 3 N–H and O–H groups in total. The Bertz CT molecular complexity index is 917. The lowest BCUT2D eigenvalue weighted by atomic mass is 10.1. The van der Waals surface area contributed by atoms with Crippen molar-refractivity contribution in [2.45, 2.75) is 4.90 Å². The smallest absolute Gasteiger partial charge is 0.147 e. The van der Waals surface area contributed by atoms with Crippen LogP contribution in [-0.2, 0) is 0 Å². The summed E-state index contributed by atoms with van der Waals surface area (Å²) < 4.78 is 1.98. The normalized spacial score (nSPS) is 11.3. The number of fused-ring (bicyclic) bond motifs is 1. The van der Waals surface area contributed by atoms with E-state index in [0.29, 0.717) is 12.4 Å². The number of likely N-dealkylation sites (N-methyl/N-ethyl adjacent to an activating group) is 1. The van der Waals surface area contributed by atoms with Crippen LogP contribution in [0.4, 0.5) is 11.6 Å². The number of rotatable bonds is 6. The lowest BCUT2D eigenvalue weighted by Gasteiger charge is -2.16. The maximum atomic E-state index is 9.10. The molecule has 3 aromatic rings. The molecule has 0 aliphatic heterocycles. The number of nitrogens with two attached hydrogens (primary N) is 1. The molecule has 136 valence electrons. The summed E-state index contributed by atoms with van der Waals surface area (Å²) in [7, 11) is 5.81. The third-order valence-electron chi connectivity index (χ3n) is 3.85. The molecule has 0 radical (unpaired) electrons. The van der Waals surface area contributed by atoms with Crippen LogP contribution in [0, 0.1) is 0 Å². The molecule has 0 spiro atoms. The average molecular weight is 370 g/mol. The SMILES string of the molecule is CN(C)Sc1cc(-c2ccc3ncc(N(C)CCO)nc3c2)cnc1N. The first-order chi connectivity index (χ1) is 12.5. The zero-order valence-electron chi connectivity index (χ0n) is 15.0. The number of aliphatic hydroxyl groups is 1. The minimum atomic E-state index is 0.0691. The third-order valence-corrected chi connectivity index (χ3v) is 4.74. The first kappa shape index (κ1) is 18.4. The summed E-state index contributed by atoms with van der Waals surface area (Å²) in [6.07, 6.45) is 3.49. The van der Waals surface area contributed by atoms with Gasteiger partial charge in [0.15, 0.2) is 0 Å². The highest BCUT2D eigenvalue weighted by molar-refractivity contribution is 7.97. The fraction of sp³-hybridized carbons (Fsp3) is 0.278. The molecular formula is C18H22N6OS. The van der Waals surface area contributed by atoms with Gasteiger partial charge < -0.3 is 15.7 Å². The minimum absolute atomic E-state index is 0.0691. The summed E-state index contributed by atoms with van der Waals surface area (Å²) in [5.41, 5.74) is 9.57. The monoisotopic (exact) mass is 370 g/mol. The Kier molecular flexibility index (Phi) is 5.55. The van der Waals surface area contributed by atoms with Crippen molar-refractivity contribution in [1.82, 2.24) is 19.3 Å². The van der Waals surface area contributed by atoms with Crippen molar-refractivity contribution >= 4 is 34.6 Å². The molecule has 0 atom stereocenters. The van der Waals surface area contributed by atoms with Gasteiger partial charge in [-0.2, -0.15) is 0 Å². The van der Waals surface area contributed by atoms with Crippen LogP contribution in [0.2, 0.25) is 0 Å².